The second kappa shape index (κ2) is 11.0. The number of rotatable bonds is 6. The summed E-state index contributed by atoms with van der Waals surface area (Å²) in [6.07, 6.45) is -4.58. The Morgan fingerprint density at radius 2 is 1.55 bits per heavy atom. The van der Waals surface area contributed by atoms with Gasteiger partial charge in [-0.05, 0) is 52.9 Å². The van der Waals surface area contributed by atoms with Crippen molar-refractivity contribution in [1.82, 2.24) is 10.3 Å². The quantitative estimate of drug-likeness (QED) is 0.211. The average molecular weight is 565 g/mol. The highest BCUT2D eigenvalue weighted by molar-refractivity contribution is 6.30. The van der Waals surface area contributed by atoms with Crippen LogP contribution in [-0.2, 0) is 18.1 Å². The fourth-order valence-electron chi connectivity index (χ4n) is 4.64. The zero-order valence-electron chi connectivity index (χ0n) is 20.8. The Kier molecular flexibility index (Phi) is 7.45. The lowest BCUT2D eigenvalue weighted by molar-refractivity contribution is -0.137. The Labute approximate surface area is 232 Å². The minimum atomic E-state index is -4.84. The van der Waals surface area contributed by atoms with Crippen LogP contribution in [0, 0.1) is 5.82 Å². The first-order chi connectivity index (χ1) is 19.1. The molecule has 1 atom stereocenters. The van der Waals surface area contributed by atoms with Gasteiger partial charge in [0.2, 0.25) is 0 Å². The summed E-state index contributed by atoms with van der Waals surface area (Å²) in [7, 11) is 0. The van der Waals surface area contributed by atoms with Crippen LogP contribution >= 0.6 is 11.6 Å². The third kappa shape index (κ3) is 5.77. The van der Waals surface area contributed by atoms with Crippen molar-refractivity contribution in [2.24, 2.45) is 0 Å². The standard InChI is InChI=1S/C31H21ClF4N2O2/c32-24-13-14-28(37-19-24)30(18-20-7-2-1-3-8-20,22-15-23(31(34,35)36)17-25(33)16-22)38-29(39)40-27-12-6-10-21-9-4-5-11-26(21)27/h1-17,19H,18H2,(H,38,39)/t30-/m0/s1. The maximum absolute atomic E-state index is 14.8. The van der Waals surface area contributed by atoms with E-state index < -0.39 is 29.2 Å². The molecule has 0 aliphatic heterocycles. The second-order valence-corrected chi connectivity index (χ2v) is 9.58. The van der Waals surface area contributed by atoms with Crippen LogP contribution in [0.1, 0.15) is 22.4 Å². The normalized spacial score (nSPS) is 13.0. The Morgan fingerprint density at radius 1 is 0.850 bits per heavy atom. The zero-order valence-corrected chi connectivity index (χ0v) is 21.5. The lowest BCUT2D eigenvalue weighted by atomic mass is 9.80. The smallest absolute Gasteiger partial charge is 0.410 e. The molecular formula is C31H21ClF4N2O2. The van der Waals surface area contributed by atoms with E-state index in [0.29, 0.717) is 17.0 Å². The maximum Gasteiger partial charge on any atom is 0.416 e. The number of pyridine rings is 1. The van der Waals surface area contributed by atoms with E-state index in [0.717, 1.165) is 17.5 Å². The number of fused-ring (bicyclic) bond motifs is 1. The molecule has 1 aromatic heterocycles. The number of amides is 1. The highest BCUT2D eigenvalue weighted by Gasteiger charge is 2.41. The predicted octanol–water partition coefficient (Wildman–Crippen LogP) is 8.32. The highest BCUT2D eigenvalue weighted by Crippen LogP contribution is 2.38. The van der Waals surface area contributed by atoms with E-state index >= 15 is 0 Å². The molecule has 0 saturated carbocycles. The van der Waals surface area contributed by atoms with Crippen LogP contribution in [0.3, 0.4) is 0 Å². The number of nitrogens with zero attached hydrogens (tertiary/aromatic N) is 1. The molecular weight excluding hydrogens is 544 g/mol. The fraction of sp³-hybridized carbons (Fsp3) is 0.0968. The van der Waals surface area contributed by atoms with Crippen LogP contribution in [0.2, 0.25) is 5.02 Å². The summed E-state index contributed by atoms with van der Waals surface area (Å²) < 4.78 is 61.9. The van der Waals surface area contributed by atoms with Gasteiger partial charge in [-0.3, -0.25) is 4.98 Å². The molecule has 40 heavy (non-hydrogen) atoms. The van der Waals surface area contributed by atoms with Crippen molar-refractivity contribution in [3.8, 4) is 5.75 Å². The van der Waals surface area contributed by atoms with Gasteiger partial charge in [0.1, 0.15) is 17.1 Å². The number of carbonyl (C=O) groups excluding carboxylic acids is 1. The first-order valence-electron chi connectivity index (χ1n) is 12.2. The van der Waals surface area contributed by atoms with Crippen LogP contribution in [0.5, 0.6) is 5.75 Å². The SMILES string of the molecule is O=C(N[C@@](Cc1ccccc1)(c1cc(F)cc(C(F)(F)F)c1)c1ccc(Cl)cn1)Oc1cccc2ccccc12. The Balaban J connectivity index is 1.68. The van der Waals surface area contributed by atoms with Gasteiger partial charge in [0.15, 0.2) is 0 Å². The summed E-state index contributed by atoms with van der Waals surface area (Å²) in [5, 5.41) is 4.50. The van der Waals surface area contributed by atoms with Crippen molar-refractivity contribution in [3.63, 3.8) is 0 Å². The van der Waals surface area contributed by atoms with Crippen LogP contribution < -0.4 is 10.1 Å². The number of halogens is 5. The molecule has 9 heteroatoms. The van der Waals surface area contributed by atoms with Gasteiger partial charge in [-0.25, -0.2) is 9.18 Å². The summed E-state index contributed by atoms with van der Waals surface area (Å²) in [5.74, 6) is -0.885. The molecule has 1 heterocycles. The van der Waals surface area contributed by atoms with Gasteiger partial charge >= 0.3 is 12.3 Å². The van der Waals surface area contributed by atoms with Crippen LogP contribution in [-0.4, -0.2) is 11.1 Å². The van der Waals surface area contributed by atoms with Gasteiger partial charge < -0.3 is 10.1 Å². The molecule has 0 fully saturated rings. The minimum absolute atomic E-state index is 0.0755. The molecule has 5 aromatic rings. The molecule has 0 aliphatic rings. The average Bonchev–Trinajstić information content (AvgIpc) is 2.93. The van der Waals surface area contributed by atoms with E-state index in [1.54, 1.807) is 54.6 Å². The maximum atomic E-state index is 14.8. The number of ether oxygens (including phenoxy) is 1. The van der Waals surface area contributed by atoms with E-state index in [1.165, 1.54) is 18.3 Å². The summed E-state index contributed by atoms with van der Waals surface area (Å²) in [6, 6.07) is 26.3. The lowest BCUT2D eigenvalue weighted by Gasteiger charge is -2.35. The Bertz CT molecular complexity index is 1660. The van der Waals surface area contributed by atoms with Crippen molar-refractivity contribution >= 4 is 28.5 Å². The number of carbonyl (C=O) groups is 1. The van der Waals surface area contributed by atoms with Crippen molar-refractivity contribution < 1.29 is 27.1 Å². The molecule has 1 amide bonds. The molecule has 0 radical (unpaired) electrons. The number of nitrogens with one attached hydrogen (secondary N) is 1. The number of aromatic nitrogens is 1. The largest absolute Gasteiger partial charge is 0.416 e. The molecule has 0 bridgehead atoms. The predicted molar refractivity (Wildman–Crippen MR) is 145 cm³/mol. The van der Waals surface area contributed by atoms with Crippen molar-refractivity contribution in [3.05, 3.63) is 143 Å². The third-order valence-electron chi connectivity index (χ3n) is 6.46. The van der Waals surface area contributed by atoms with E-state index in [-0.39, 0.29) is 28.5 Å². The first kappa shape index (κ1) is 27.1. The van der Waals surface area contributed by atoms with E-state index in [1.807, 2.05) is 18.2 Å². The summed E-state index contributed by atoms with van der Waals surface area (Å²) >= 11 is 6.06. The first-order valence-corrected chi connectivity index (χ1v) is 12.5. The van der Waals surface area contributed by atoms with Gasteiger partial charge in [-0.1, -0.05) is 78.3 Å². The molecule has 4 aromatic carbocycles. The lowest BCUT2D eigenvalue weighted by Crippen LogP contribution is -2.50. The molecule has 0 spiro atoms. The molecule has 202 valence electrons. The van der Waals surface area contributed by atoms with E-state index in [9.17, 15) is 22.4 Å². The molecule has 5 rings (SSSR count). The van der Waals surface area contributed by atoms with Gasteiger partial charge in [-0.2, -0.15) is 13.2 Å². The number of benzene rings is 4. The van der Waals surface area contributed by atoms with E-state index in [4.69, 9.17) is 16.3 Å². The Hall–Kier alpha value is -4.43. The molecule has 0 unspecified atom stereocenters. The highest BCUT2D eigenvalue weighted by atomic mass is 35.5. The minimum Gasteiger partial charge on any atom is -0.410 e. The number of alkyl halides is 3. The van der Waals surface area contributed by atoms with Crippen molar-refractivity contribution in [2.45, 2.75) is 18.1 Å². The van der Waals surface area contributed by atoms with Gasteiger partial charge in [0, 0.05) is 18.0 Å². The summed E-state index contributed by atoms with van der Waals surface area (Å²) in [4.78, 5) is 17.9. The third-order valence-corrected chi connectivity index (χ3v) is 6.69. The number of hydrogen-bond donors (Lipinski definition) is 1. The fourth-order valence-corrected chi connectivity index (χ4v) is 4.75. The molecule has 0 saturated heterocycles. The van der Waals surface area contributed by atoms with Crippen LogP contribution in [0.15, 0.2) is 109 Å². The van der Waals surface area contributed by atoms with Gasteiger partial charge in [0.05, 0.1) is 16.3 Å². The van der Waals surface area contributed by atoms with Gasteiger partial charge in [0.25, 0.3) is 0 Å². The van der Waals surface area contributed by atoms with E-state index in [2.05, 4.69) is 10.3 Å². The van der Waals surface area contributed by atoms with Crippen LogP contribution in [0.4, 0.5) is 22.4 Å². The molecule has 4 nitrogen and oxygen atoms in total. The van der Waals surface area contributed by atoms with Crippen molar-refractivity contribution in [2.75, 3.05) is 0 Å². The zero-order chi connectivity index (χ0) is 28.3. The summed E-state index contributed by atoms with van der Waals surface area (Å²) in [6.45, 7) is 0. The monoisotopic (exact) mass is 564 g/mol. The topological polar surface area (TPSA) is 51.2 Å². The van der Waals surface area contributed by atoms with Crippen LogP contribution in [0.25, 0.3) is 10.8 Å². The molecule has 0 aliphatic carbocycles. The second-order valence-electron chi connectivity index (χ2n) is 9.15. The molecule has 1 N–H and O–H groups in total. The van der Waals surface area contributed by atoms with Crippen molar-refractivity contribution in [1.29, 1.82) is 0 Å². The number of hydrogen-bond acceptors (Lipinski definition) is 3. The Morgan fingerprint density at radius 3 is 2.27 bits per heavy atom. The summed E-state index contributed by atoms with van der Waals surface area (Å²) in [5.41, 5.74) is -2.39. The van der Waals surface area contributed by atoms with Gasteiger partial charge in [-0.15, -0.1) is 0 Å².